The first kappa shape index (κ1) is 23.2. The molecule has 0 bridgehead atoms. The fraction of sp³-hybridized carbons (Fsp3) is 0.318. The van der Waals surface area contributed by atoms with E-state index in [-0.39, 0.29) is 17.5 Å². The van der Waals surface area contributed by atoms with Crippen molar-refractivity contribution in [2.24, 2.45) is 0 Å². The highest BCUT2D eigenvalue weighted by molar-refractivity contribution is 6.33. The minimum absolute atomic E-state index is 0.151. The van der Waals surface area contributed by atoms with E-state index >= 15 is 0 Å². The van der Waals surface area contributed by atoms with Gasteiger partial charge < -0.3 is 4.90 Å². The van der Waals surface area contributed by atoms with Crippen molar-refractivity contribution in [3.63, 3.8) is 0 Å². The van der Waals surface area contributed by atoms with Gasteiger partial charge in [0.2, 0.25) is 5.95 Å². The van der Waals surface area contributed by atoms with Crippen LogP contribution in [0, 0.1) is 12.7 Å². The van der Waals surface area contributed by atoms with Crippen LogP contribution in [0.5, 0.6) is 0 Å². The highest BCUT2D eigenvalue weighted by Gasteiger charge is 2.37. The van der Waals surface area contributed by atoms with Gasteiger partial charge in [-0.3, -0.25) is 9.13 Å². The van der Waals surface area contributed by atoms with E-state index in [0.29, 0.717) is 41.0 Å². The number of benzene rings is 1. The third-order valence-electron chi connectivity index (χ3n) is 5.83. The summed E-state index contributed by atoms with van der Waals surface area (Å²) in [6.45, 7) is 3.33. The van der Waals surface area contributed by atoms with Crippen LogP contribution in [0.15, 0.2) is 36.8 Å². The fourth-order valence-electron chi connectivity index (χ4n) is 4.27. The number of aromatic nitrogens is 7. The minimum atomic E-state index is -4.34. The van der Waals surface area contributed by atoms with Crippen molar-refractivity contribution in [3.05, 3.63) is 59.3 Å². The Bertz CT molecular complexity index is 1400. The molecule has 4 aromatic rings. The van der Waals surface area contributed by atoms with Crippen molar-refractivity contribution >= 4 is 17.4 Å². The Morgan fingerprint density at radius 3 is 2.66 bits per heavy atom. The minimum Gasteiger partial charge on any atom is -0.344 e. The quantitative estimate of drug-likeness (QED) is 0.345. The molecule has 0 N–H and O–H groups in total. The van der Waals surface area contributed by atoms with Crippen molar-refractivity contribution in [3.8, 4) is 23.0 Å². The van der Waals surface area contributed by atoms with Crippen molar-refractivity contribution in [2.45, 2.75) is 38.9 Å². The average Bonchev–Trinajstić information content (AvgIpc) is 3.43. The second-order valence-electron chi connectivity index (χ2n) is 8.05. The van der Waals surface area contributed by atoms with Crippen molar-refractivity contribution in [1.82, 2.24) is 34.3 Å². The molecule has 0 saturated carbocycles. The summed E-state index contributed by atoms with van der Waals surface area (Å²) in [5.74, 6) is 1.49. The largest absolute Gasteiger partial charge is 0.390 e. The van der Waals surface area contributed by atoms with Crippen molar-refractivity contribution in [1.29, 1.82) is 0 Å². The number of anilines is 1. The number of halogens is 5. The Labute approximate surface area is 202 Å². The first-order chi connectivity index (χ1) is 16.7. The number of aryl methyl sites for hydroxylation is 1. The van der Waals surface area contributed by atoms with Gasteiger partial charge in [-0.2, -0.15) is 18.2 Å². The van der Waals surface area contributed by atoms with Crippen LogP contribution in [0.25, 0.3) is 23.0 Å². The Morgan fingerprint density at radius 2 is 1.94 bits per heavy atom. The van der Waals surface area contributed by atoms with Gasteiger partial charge in [0.05, 0.1) is 23.7 Å². The number of nitrogens with zero attached hydrogens (tertiary/aromatic N) is 8. The van der Waals surface area contributed by atoms with Crippen LogP contribution >= 0.6 is 11.6 Å². The standard InChI is InChI=1S/C22H19ClF4N8/c1-3-16-20-32-31-12(2)35(20)17-11-29-21(30-19(17)33(16)8-6-22(25,26)27)34-9-7-28-18(34)14-5-4-13(24)10-15(14)23/h4-5,7,9-11,16H,3,6,8H2,1-2H3/t16-/m1/s1. The highest BCUT2D eigenvalue weighted by Crippen LogP contribution is 2.40. The number of hydrogen-bond acceptors (Lipinski definition) is 6. The summed E-state index contributed by atoms with van der Waals surface area (Å²) < 4.78 is 56.4. The molecule has 1 aliphatic heterocycles. The molecule has 0 aliphatic carbocycles. The summed E-state index contributed by atoms with van der Waals surface area (Å²) in [7, 11) is 0. The van der Waals surface area contributed by atoms with Gasteiger partial charge in [0.25, 0.3) is 0 Å². The van der Waals surface area contributed by atoms with Gasteiger partial charge in [-0.05, 0) is 31.5 Å². The van der Waals surface area contributed by atoms with Crippen LogP contribution < -0.4 is 4.90 Å². The number of fused-ring (bicyclic) bond motifs is 3. The topological polar surface area (TPSA) is 77.5 Å². The van der Waals surface area contributed by atoms with Crippen LogP contribution in [-0.4, -0.2) is 47.0 Å². The zero-order valence-corrected chi connectivity index (χ0v) is 19.4. The fourth-order valence-corrected chi connectivity index (χ4v) is 4.52. The molecule has 4 heterocycles. The van der Waals surface area contributed by atoms with Gasteiger partial charge >= 0.3 is 6.18 Å². The van der Waals surface area contributed by atoms with Crippen LogP contribution in [0.3, 0.4) is 0 Å². The molecule has 8 nitrogen and oxygen atoms in total. The molecule has 0 spiro atoms. The summed E-state index contributed by atoms with van der Waals surface area (Å²) in [4.78, 5) is 15.0. The molecule has 1 aromatic carbocycles. The summed E-state index contributed by atoms with van der Waals surface area (Å²) in [6, 6.07) is 3.46. The summed E-state index contributed by atoms with van der Waals surface area (Å²) in [5.41, 5.74) is 0.941. The number of hydrogen-bond donors (Lipinski definition) is 0. The molecule has 1 aliphatic rings. The average molecular weight is 507 g/mol. The first-order valence-electron chi connectivity index (χ1n) is 10.8. The Kier molecular flexibility index (Phi) is 5.70. The predicted molar refractivity (Wildman–Crippen MR) is 120 cm³/mol. The number of alkyl halides is 3. The molecule has 5 rings (SSSR count). The predicted octanol–water partition coefficient (Wildman–Crippen LogP) is 5.23. The summed E-state index contributed by atoms with van der Waals surface area (Å²) in [5, 5.41) is 8.50. The van der Waals surface area contributed by atoms with Gasteiger partial charge in [0, 0.05) is 24.5 Å². The van der Waals surface area contributed by atoms with Gasteiger partial charge in [-0.25, -0.2) is 14.4 Å². The number of rotatable bonds is 5. The van der Waals surface area contributed by atoms with Crippen molar-refractivity contribution < 1.29 is 17.6 Å². The van der Waals surface area contributed by atoms with Crippen LogP contribution in [0.4, 0.5) is 23.4 Å². The lowest BCUT2D eigenvalue weighted by Crippen LogP contribution is -2.38. The summed E-state index contributed by atoms with van der Waals surface area (Å²) in [6.07, 6.45) is -0.220. The van der Waals surface area contributed by atoms with E-state index < -0.39 is 24.5 Å². The summed E-state index contributed by atoms with van der Waals surface area (Å²) >= 11 is 6.24. The van der Waals surface area contributed by atoms with E-state index in [1.807, 2.05) is 6.92 Å². The van der Waals surface area contributed by atoms with Crippen LogP contribution in [0.1, 0.15) is 37.5 Å². The zero-order valence-electron chi connectivity index (χ0n) is 18.6. The molecule has 3 aromatic heterocycles. The molecule has 0 fully saturated rings. The smallest absolute Gasteiger partial charge is 0.344 e. The number of imidazole rings is 1. The molecule has 0 saturated heterocycles. The molecule has 13 heteroatoms. The Balaban J connectivity index is 1.65. The molecule has 182 valence electrons. The van der Waals surface area contributed by atoms with E-state index in [9.17, 15) is 17.6 Å². The monoisotopic (exact) mass is 506 g/mol. The molecule has 0 radical (unpaired) electrons. The maximum absolute atomic E-state index is 13.6. The third kappa shape index (κ3) is 4.11. The van der Waals surface area contributed by atoms with E-state index in [1.165, 1.54) is 30.6 Å². The van der Waals surface area contributed by atoms with Gasteiger partial charge in [-0.15, -0.1) is 10.2 Å². The Morgan fingerprint density at radius 1 is 1.14 bits per heavy atom. The van der Waals surface area contributed by atoms with E-state index in [1.54, 1.807) is 27.2 Å². The lowest BCUT2D eigenvalue weighted by atomic mass is 10.1. The Hall–Kier alpha value is -3.54. The molecule has 0 unspecified atom stereocenters. The van der Waals surface area contributed by atoms with E-state index in [0.717, 1.165) is 0 Å². The van der Waals surface area contributed by atoms with Gasteiger partial charge in [0.15, 0.2) is 11.6 Å². The highest BCUT2D eigenvalue weighted by atomic mass is 35.5. The van der Waals surface area contributed by atoms with E-state index in [2.05, 4.69) is 25.1 Å². The maximum atomic E-state index is 13.6. The molecular formula is C22H19ClF4N8. The SMILES string of the molecule is CC[C@@H]1c2nnc(C)n2-c2cnc(-n3ccnc3-c3ccc(F)cc3Cl)nc2N1CCC(F)(F)F. The van der Waals surface area contributed by atoms with Crippen LogP contribution in [0.2, 0.25) is 5.02 Å². The van der Waals surface area contributed by atoms with Crippen LogP contribution in [-0.2, 0) is 0 Å². The van der Waals surface area contributed by atoms with Crippen molar-refractivity contribution in [2.75, 3.05) is 11.4 Å². The molecule has 35 heavy (non-hydrogen) atoms. The zero-order chi connectivity index (χ0) is 24.9. The second-order valence-corrected chi connectivity index (χ2v) is 8.45. The molecular weight excluding hydrogens is 488 g/mol. The maximum Gasteiger partial charge on any atom is 0.390 e. The van der Waals surface area contributed by atoms with E-state index in [4.69, 9.17) is 11.6 Å². The van der Waals surface area contributed by atoms with Gasteiger partial charge in [0.1, 0.15) is 23.2 Å². The lowest BCUT2D eigenvalue weighted by molar-refractivity contribution is -0.132. The second kappa shape index (κ2) is 8.59. The first-order valence-corrected chi connectivity index (χ1v) is 11.2. The normalized spacial score (nSPS) is 15.3. The molecule has 1 atom stereocenters. The van der Waals surface area contributed by atoms with Gasteiger partial charge in [-0.1, -0.05) is 18.5 Å². The molecule has 0 amide bonds. The third-order valence-corrected chi connectivity index (χ3v) is 6.14. The lowest BCUT2D eigenvalue weighted by Gasteiger charge is -2.37.